The molecule has 2 N–H and O–H groups in total. The van der Waals surface area contributed by atoms with E-state index >= 15 is 0 Å². The number of nitrogens with one attached hydrogen (secondary N) is 2. The molecule has 3 rings (SSSR count). The number of rotatable bonds is 6. The van der Waals surface area contributed by atoms with Gasteiger partial charge in [-0.25, -0.2) is 8.42 Å². The van der Waals surface area contributed by atoms with Crippen LogP contribution in [0.1, 0.15) is 12.8 Å². The molecule has 1 aromatic carbocycles. The molecule has 1 aliphatic rings. The molecule has 0 bridgehead atoms. The molecular weight excluding hydrogens is 352 g/mol. The van der Waals surface area contributed by atoms with Crippen LogP contribution >= 0.6 is 11.6 Å². The van der Waals surface area contributed by atoms with Crippen molar-refractivity contribution < 1.29 is 13.2 Å². The minimum absolute atomic E-state index is 0.00551. The lowest BCUT2D eigenvalue weighted by Crippen LogP contribution is -2.19. The predicted octanol–water partition coefficient (Wildman–Crippen LogP) is 2.52. The zero-order valence-corrected chi connectivity index (χ0v) is 14.3. The van der Waals surface area contributed by atoms with Crippen LogP contribution in [0.15, 0.2) is 41.3 Å². The van der Waals surface area contributed by atoms with Crippen molar-refractivity contribution in [3.8, 4) is 0 Å². The van der Waals surface area contributed by atoms with E-state index in [0.29, 0.717) is 12.4 Å². The summed E-state index contributed by atoms with van der Waals surface area (Å²) in [5, 5.41) is 11.1. The monoisotopic (exact) mass is 368 g/mol. The van der Waals surface area contributed by atoms with Crippen molar-refractivity contribution in [3.63, 3.8) is 0 Å². The Balaban J connectivity index is 1.64. The van der Waals surface area contributed by atoms with Gasteiger partial charge in [-0.2, -0.15) is 0 Å². The fourth-order valence-electron chi connectivity index (χ4n) is 2.36. The van der Waals surface area contributed by atoms with Crippen molar-refractivity contribution >= 4 is 33.3 Å². The Labute approximate surface area is 145 Å². The molecule has 128 valence electrons. The molecule has 0 aliphatic carbocycles. The van der Waals surface area contributed by atoms with E-state index in [2.05, 4.69) is 20.2 Å². The van der Waals surface area contributed by atoms with E-state index in [-0.39, 0.29) is 21.8 Å². The second-order valence-corrected chi connectivity index (χ2v) is 7.41. The van der Waals surface area contributed by atoms with Crippen molar-refractivity contribution in [1.29, 1.82) is 0 Å². The third-order valence-electron chi connectivity index (χ3n) is 3.56. The van der Waals surface area contributed by atoms with Crippen LogP contribution in [0, 0.1) is 0 Å². The van der Waals surface area contributed by atoms with Gasteiger partial charge < -0.3 is 10.1 Å². The molecule has 1 aliphatic heterocycles. The Bertz CT molecular complexity index is 793. The molecule has 0 amide bonds. The zero-order chi connectivity index (χ0) is 17.0. The molecule has 1 fully saturated rings. The highest BCUT2D eigenvalue weighted by Gasteiger charge is 2.18. The van der Waals surface area contributed by atoms with Crippen molar-refractivity contribution in [3.05, 3.63) is 41.4 Å². The Morgan fingerprint density at radius 1 is 1.17 bits per heavy atom. The zero-order valence-electron chi connectivity index (χ0n) is 12.8. The van der Waals surface area contributed by atoms with Crippen LogP contribution in [0.2, 0.25) is 5.02 Å². The van der Waals surface area contributed by atoms with E-state index in [0.717, 1.165) is 19.4 Å². The van der Waals surface area contributed by atoms with Crippen molar-refractivity contribution in [2.75, 3.05) is 23.2 Å². The quantitative estimate of drug-likeness (QED) is 0.813. The molecule has 24 heavy (non-hydrogen) atoms. The number of benzene rings is 1. The fourth-order valence-corrected chi connectivity index (χ4v) is 3.88. The molecule has 1 unspecified atom stereocenters. The van der Waals surface area contributed by atoms with Gasteiger partial charge in [-0.3, -0.25) is 4.72 Å². The SMILES string of the molecule is O=S(=O)(Nc1ccc(NCC2CCCO2)nn1)c1ccccc1Cl. The Morgan fingerprint density at radius 3 is 2.58 bits per heavy atom. The number of halogens is 1. The molecule has 2 heterocycles. The van der Waals surface area contributed by atoms with Gasteiger partial charge in [0, 0.05) is 13.2 Å². The molecule has 2 aromatic rings. The van der Waals surface area contributed by atoms with E-state index in [4.69, 9.17) is 16.3 Å². The highest BCUT2D eigenvalue weighted by Crippen LogP contribution is 2.22. The maximum Gasteiger partial charge on any atom is 0.264 e. The minimum Gasteiger partial charge on any atom is -0.376 e. The largest absolute Gasteiger partial charge is 0.376 e. The molecule has 1 atom stereocenters. The normalized spacial score (nSPS) is 17.6. The average Bonchev–Trinajstić information content (AvgIpc) is 3.07. The van der Waals surface area contributed by atoms with Crippen LogP contribution in [-0.4, -0.2) is 37.9 Å². The van der Waals surface area contributed by atoms with Gasteiger partial charge in [0.05, 0.1) is 11.1 Å². The third-order valence-corrected chi connectivity index (χ3v) is 5.42. The summed E-state index contributed by atoms with van der Waals surface area (Å²) in [5.74, 6) is 0.684. The summed E-state index contributed by atoms with van der Waals surface area (Å²) in [4.78, 5) is -0.00551. The number of aromatic nitrogens is 2. The lowest BCUT2D eigenvalue weighted by atomic mass is 10.2. The van der Waals surface area contributed by atoms with E-state index in [9.17, 15) is 8.42 Å². The summed E-state index contributed by atoms with van der Waals surface area (Å²) in [5.41, 5.74) is 0. The van der Waals surface area contributed by atoms with Crippen LogP contribution in [0.3, 0.4) is 0 Å². The van der Waals surface area contributed by atoms with Gasteiger partial charge >= 0.3 is 0 Å². The molecular formula is C15H17ClN4O3S. The Hall–Kier alpha value is -1.90. The standard InChI is InChI=1S/C15H17ClN4O3S/c16-12-5-1-2-6-13(12)24(21,22)20-15-8-7-14(18-19-15)17-10-11-4-3-9-23-11/h1-2,5-8,11H,3-4,9-10H2,(H,17,18)(H,19,20). The van der Waals surface area contributed by atoms with Gasteiger partial charge in [0.2, 0.25) is 0 Å². The van der Waals surface area contributed by atoms with Crippen LogP contribution in [0.4, 0.5) is 11.6 Å². The van der Waals surface area contributed by atoms with E-state index in [1.165, 1.54) is 12.1 Å². The average molecular weight is 369 g/mol. The maximum absolute atomic E-state index is 12.3. The predicted molar refractivity (Wildman–Crippen MR) is 91.8 cm³/mol. The number of hydrogen-bond acceptors (Lipinski definition) is 6. The first-order valence-electron chi connectivity index (χ1n) is 7.51. The van der Waals surface area contributed by atoms with Crippen LogP contribution in [-0.2, 0) is 14.8 Å². The van der Waals surface area contributed by atoms with Crippen molar-refractivity contribution in [2.24, 2.45) is 0 Å². The van der Waals surface area contributed by atoms with Gasteiger partial charge in [0.25, 0.3) is 10.0 Å². The highest BCUT2D eigenvalue weighted by atomic mass is 35.5. The minimum atomic E-state index is -3.81. The van der Waals surface area contributed by atoms with Crippen LogP contribution in [0.5, 0.6) is 0 Å². The lowest BCUT2D eigenvalue weighted by molar-refractivity contribution is 0.120. The molecule has 0 spiro atoms. The van der Waals surface area contributed by atoms with Gasteiger partial charge in [-0.05, 0) is 37.1 Å². The summed E-state index contributed by atoms with van der Waals surface area (Å²) >= 11 is 5.93. The second kappa shape index (κ2) is 7.33. The van der Waals surface area contributed by atoms with Crippen molar-refractivity contribution in [1.82, 2.24) is 10.2 Å². The summed E-state index contributed by atoms with van der Waals surface area (Å²) in [6.45, 7) is 1.44. The molecule has 1 aromatic heterocycles. The second-order valence-electron chi connectivity index (χ2n) is 5.36. The van der Waals surface area contributed by atoms with Gasteiger partial charge in [-0.1, -0.05) is 23.7 Å². The lowest BCUT2D eigenvalue weighted by Gasteiger charge is -2.11. The van der Waals surface area contributed by atoms with E-state index in [1.54, 1.807) is 24.3 Å². The summed E-state index contributed by atoms with van der Waals surface area (Å²) in [6.07, 6.45) is 2.28. The smallest absolute Gasteiger partial charge is 0.264 e. The molecule has 0 radical (unpaired) electrons. The number of sulfonamides is 1. The van der Waals surface area contributed by atoms with Gasteiger partial charge in [0.15, 0.2) is 5.82 Å². The first-order chi connectivity index (χ1) is 11.5. The first kappa shape index (κ1) is 16.9. The fraction of sp³-hybridized carbons (Fsp3) is 0.333. The van der Waals surface area contributed by atoms with Crippen LogP contribution in [0.25, 0.3) is 0 Å². The molecule has 7 nitrogen and oxygen atoms in total. The van der Waals surface area contributed by atoms with Gasteiger partial charge in [-0.15, -0.1) is 10.2 Å². The van der Waals surface area contributed by atoms with Crippen LogP contribution < -0.4 is 10.0 Å². The summed E-state index contributed by atoms with van der Waals surface area (Å²) in [7, 11) is -3.81. The third kappa shape index (κ3) is 4.14. The first-order valence-corrected chi connectivity index (χ1v) is 9.37. The summed E-state index contributed by atoms with van der Waals surface area (Å²) in [6, 6.07) is 9.40. The number of anilines is 2. The number of hydrogen-bond donors (Lipinski definition) is 2. The number of ether oxygens (including phenoxy) is 1. The van der Waals surface area contributed by atoms with E-state index in [1.807, 2.05) is 0 Å². The summed E-state index contributed by atoms with van der Waals surface area (Å²) < 4.78 is 32.5. The van der Waals surface area contributed by atoms with E-state index < -0.39 is 10.0 Å². The topological polar surface area (TPSA) is 93.2 Å². The maximum atomic E-state index is 12.3. The van der Waals surface area contributed by atoms with Crippen molar-refractivity contribution in [2.45, 2.75) is 23.8 Å². The Morgan fingerprint density at radius 2 is 1.92 bits per heavy atom. The highest BCUT2D eigenvalue weighted by molar-refractivity contribution is 7.92. The Kier molecular flexibility index (Phi) is 5.17. The number of nitrogens with zero attached hydrogens (tertiary/aromatic N) is 2. The molecule has 0 saturated carbocycles. The molecule has 9 heteroatoms. The van der Waals surface area contributed by atoms with Gasteiger partial charge in [0.1, 0.15) is 10.7 Å². The molecule has 1 saturated heterocycles.